The number of methoxy groups -OCH3 is 1. The molecule has 0 aliphatic rings. The molecule has 2 nitrogen and oxygen atoms in total. The van der Waals surface area contributed by atoms with E-state index in [1.807, 2.05) is 0 Å². The first-order valence-electron chi connectivity index (χ1n) is 4.31. The first-order valence-corrected chi connectivity index (χ1v) is 4.31. The van der Waals surface area contributed by atoms with Crippen LogP contribution in [0.4, 0.5) is 13.2 Å². The monoisotopic (exact) mass is 220 g/mol. The van der Waals surface area contributed by atoms with E-state index in [1.165, 1.54) is 19.2 Å². The second-order valence-corrected chi connectivity index (χ2v) is 3.11. The molecule has 84 valence electrons. The fourth-order valence-electron chi connectivity index (χ4n) is 1.10. The smallest absolute Gasteiger partial charge is 0.414 e. The summed E-state index contributed by atoms with van der Waals surface area (Å²) in [6, 6.07) is 6.10. The van der Waals surface area contributed by atoms with E-state index in [2.05, 4.69) is 0 Å². The Kier molecular flexibility index (Phi) is 3.57. The fourth-order valence-corrected chi connectivity index (χ4v) is 1.10. The Bertz CT molecular complexity index is 305. The number of hydrogen-bond donors (Lipinski definition) is 1. The number of aliphatic hydroxyl groups excluding tert-OH is 1. The first-order chi connectivity index (χ1) is 6.93. The summed E-state index contributed by atoms with van der Waals surface area (Å²) in [4.78, 5) is 0. The van der Waals surface area contributed by atoms with Gasteiger partial charge in [-0.1, -0.05) is 12.1 Å². The van der Waals surface area contributed by atoms with E-state index in [-0.39, 0.29) is 0 Å². The second-order valence-electron chi connectivity index (χ2n) is 3.11. The molecule has 0 amide bonds. The number of hydrogen-bond acceptors (Lipinski definition) is 2. The quantitative estimate of drug-likeness (QED) is 0.845. The van der Waals surface area contributed by atoms with Crippen molar-refractivity contribution in [1.29, 1.82) is 0 Å². The highest BCUT2D eigenvalue weighted by atomic mass is 19.4. The van der Waals surface area contributed by atoms with Gasteiger partial charge >= 0.3 is 6.18 Å². The van der Waals surface area contributed by atoms with Crippen LogP contribution in [0.25, 0.3) is 0 Å². The summed E-state index contributed by atoms with van der Waals surface area (Å²) in [5.74, 6) is 0.570. The third-order valence-electron chi connectivity index (χ3n) is 1.97. The lowest BCUT2D eigenvalue weighted by atomic mass is 10.1. The van der Waals surface area contributed by atoms with Crippen molar-refractivity contribution in [2.75, 3.05) is 7.11 Å². The number of aliphatic hydroxyl groups is 1. The van der Waals surface area contributed by atoms with Gasteiger partial charge in [0.1, 0.15) is 5.75 Å². The van der Waals surface area contributed by atoms with Gasteiger partial charge in [-0.25, -0.2) is 0 Å². The number of ether oxygens (including phenoxy) is 1. The lowest BCUT2D eigenvalue weighted by Crippen LogP contribution is -2.30. The van der Waals surface area contributed by atoms with Crippen LogP contribution in [0.1, 0.15) is 5.56 Å². The van der Waals surface area contributed by atoms with Crippen LogP contribution in [0.15, 0.2) is 24.3 Å². The number of alkyl halides is 3. The molecule has 0 radical (unpaired) electrons. The Morgan fingerprint density at radius 1 is 1.27 bits per heavy atom. The molecular weight excluding hydrogens is 209 g/mol. The van der Waals surface area contributed by atoms with Gasteiger partial charge in [-0.05, 0) is 17.7 Å². The molecule has 0 aliphatic heterocycles. The Labute approximate surface area is 85.3 Å². The largest absolute Gasteiger partial charge is 0.497 e. The Morgan fingerprint density at radius 2 is 1.80 bits per heavy atom. The molecule has 15 heavy (non-hydrogen) atoms. The summed E-state index contributed by atoms with van der Waals surface area (Å²) in [6.45, 7) is 0. The second kappa shape index (κ2) is 4.53. The highest BCUT2D eigenvalue weighted by Gasteiger charge is 2.37. The highest BCUT2D eigenvalue weighted by molar-refractivity contribution is 5.27. The van der Waals surface area contributed by atoms with E-state index in [0.717, 1.165) is 0 Å². The summed E-state index contributed by atoms with van der Waals surface area (Å²) < 4.78 is 40.9. The minimum Gasteiger partial charge on any atom is -0.497 e. The van der Waals surface area contributed by atoms with Gasteiger partial charge in [-0.15, -0.1) is 0 Å². The first kappa shape index (κ1) is 11.8. The van der Waals surface area contributed by atoms with E-state index in [9.17, 15) is 13.2 Å². The molecule has 1 rings (SSSR count). The van der Waals surface area contributed by atoms with Crippen molar-refractivity contribution in [3.8, 4) is 5.75 Å². The third-order valence-corrected chi connectivity index (χ3v) is 1.97. The van der Waals surface area contributed by atoms with Crippen molar-refractivity contribution in [3.63, 3.8) is 0 Å². The van der Waals surface area contributed by atoms with Crippen LogP contribution >= 0.6 is 0 Å². The lowest BCUT2D eigenvalue weighted by Gasteiger charge is -2.14. The van der Waals surface area contributed by atoms with E-state index >= 15 is 0 Å². The van der Waals surface area contributed by atoms with Crippen LogP contribution in [-0.2, 0) is 6.42 Å². The maximum absolute atomic E-state index is 12.0. The molecule has 1 unspecified atom stereocenters. The molecule has 0 saturated carbocycles. The van der Waals surface area contributed by atoms with Gasteiger partial charge in [0.05, 0.1) is 7.11 Å². The van der Waals surface area contributed by atoms with E-state index in [1.54, 1.807) is 12.1 Å². The summed E-state index contributed by atoms with van der Waals surface area (Å²) in [5, 5.41) is 8.81. The molecule has 1 aromatic rings. The highest BCUT2D eigenvalue weighted by Crippen LogP contribution is 2.23. The Balaban J connectivity index is 2.65. The maximum atomic E-state index is 12.0. The van der Waals surface area contributed by atoms with Crippen molar-refractivity contribution >= 4 is 0 Å². The van der Waals surface area contributed by atoms with Gasteiger partial charge in [-0.2, -0.15) is 13.2 Å². The standard InChI is InChI=1S/C10H11F3O2/c1-15-8-4-2-7(3-5-8)6-9(14)10(11,12)13/h2-5,9,14H,6H2,1H3. The molecule has 0 saturated heterocycles. The average Bonchev–Trinajstić information content (AvgIpc) is 2.17. The SMILES string of the molecule is COc1ccc(CC(O)C(F)(F)F)cc1. The van der Waals surface area contributed by atoms with Crippen LogP contribution in [0.5, 0.6) is 5.75 Å². The third kappa shape index (κ3) is 3.43. The maximum Gasteiger partial charge on any atom is 0.414 e. The molecule has 0 spiro atoms. The van der Waals surface area contributed by atoms with Crippen LogP contribution in [0.3, 0.4) is 0 Å². The zero-order valence-electron chi connectivity index (χ0n) is 8.08. The molecule has 0 aliphatic carbocycles. The molecule has 0 aromatic heterocycles. The van der Waals surface area contributed by atoms with Crippen molar-refractivity contribution in [2.45, 2.75) is 18.7 Å². The fraction of sp³-hybridized carbons (Fsp3) is 0.400. The van der Waals surface area contributed by atoms with Crippen molar-refractivity contribution < 1.29 is 23.0 Å². The molecule has 0 heterocycles. The normalized spacial score (nSPS) is 13.7. The van der Waals surface area contributed by atoms with Crippen LogP contribution < -0.4 is 4.74 Å². The predicted octanol–water partition coefficient (Wildman–Crippen LogP) is 2.16. The van der Waals surface area contributed by atoms with E-state index in [4.69, 9.17) is 9.84 Å². The average molecular weight is 220 g/mol. The van der Waals surface area contributed by atoms with Crippen molar-refractivity contribution in [2.24, 2.45) is 0 Å². The number of benzene rings is 1. The number of halogens is 3. The van der Waals surface area contributed by atoms with E-state index < -0.39 is 18.7 Å². The van der Waals surface area contributed by atoms with Gasteiger partial charge in [0.25, 0.3) is 0 Å². The minimum atomic E-state index is -4.57. The van der Waals surface area contributed by atoms with Gasteiger partial charge in [0, 0.05) is 6.42 Å². The van der Waals surface area contributed by atoms with Crippen molar-refractivity contribution in [3.05, 3.63) is 29.8 Å². The predicted molar refractivity (Wildman–Crippen MR) is 48.8 cm³/mol. The molecular formula is C10H11F3O2. The van der Waals surface area contributed by atoms with Gasteiger partial charge in [0.15, 0.2) is 6.10 Å². The summed E-state index contributed by atoms with van der Waals surface area (Å²) in [7, 11) is 1.47. The number of rotatable bonds is 3. The van der Waals surface area contributed by atoms with Gasteiger partial charge in [0.2, 0.25) is 0 Å². The van der Waals surface area contributed by atoms with Gasteiger partial charge in [-0.3, -0.25) is 0 Å². The zero-order chi connectivity index (χ0) is 11.5. The Morgan fingerprint density at radius 3 is 2.20 bits per heavy atom. The Hall–Kier alpha value is -1.23. The summed E-state index contributed by atoms with van der Waals surface area (Å²) in [5.41, 5.74) is 0.417. The van der Waals surface area contributed by atoms with Crippen LogP contribution in [0.2, 0.25) is 0 Å². The minimum absolute atomic E-state index is 0.417. The molecule has 0 fully saturated rings. The van der Waals surface area contributed by atoms with E-state index in [0.29, 0.717) is 11.3 Å². The molecule has 0 bridgehead atoms. The van der Waals surface area contributed by atoms with Crippen molar-refractivity contribution in [1.82, 2.24) is 0 Å². The molecule has 1 N–H and O–H groups in total. The van der Waals surface area contributed by atoms with Gasteiger partial charge < -0.3 is 9.84 Å². The van der Waals surface area contributed by atoms with Crippen LogP contribution in [-0.4, -0.2) is 24.5 Å². The van der Waals surface area contributed by atoms with Crippen LogP contribution in [0, 0.1) is 0 Å². The summed E-state index contributed by atoms with van der Waals surface area (Å²) in [6.07, 6.45) is -7.32. The molecule has 1 atom stereocenters. The topological polar surface area (TPSA) is 29.5 Å². The molecule has 1 aromatic carbocycles. The lowest BCUT2D eigenvalue weighted by molar-refractivity contribution is -0.203. The summed E-state index contributed by atoms with van der Waals surface area (Å²) >= 11 is 0. The zero-order valence-corrected chi connectivity index (χ0v) is 8.08. The molecule has 5 heteroatoms.